The van der Waals surface area contributed by atoms with Crippen LogP contribution in [-0.4, -0.2) is 49.2 Å². The Bertz CT molecular complexity index is 287. The second-order valence-electron chi connectivity index (χ2n) is 5.70. The third kappa shape index (κ3) is 3.42. The van der Waals surface area contributed by atoms with Crippen LogP contribution in [0.15, 0.2) is 0 Å². The van der Waals surface area contributed by atoms with Gasteiger partial charge in [-0.2, -0.15) is 0 Å². The molecule has 4 heteroatoms. The minimum Gasteiger partial charge on any atom is -0.468 e. The van der Waals surface area contributed by atoms with E-state index in [2.05, 4.69) is 17.3 Å². The number of nitrogens with one attached hydrogen (secondary N) is 1. The number of methoxy groups -OCH3 is 1. The first-order valence-electron chi connectivity index (χ1n) is 6.61. The van der Waals surface area contributed by atoms with Crippen LogP contribution in [0.4, 0.5) is 0 Å². The summed E-state index contributed by atoms with van der Waals surface area (Å²) in [7, 11) is 3.62. The first-order chi connectivity index (χ1) is 8.05. The number of nitrogens with zero attached hydrogens (tertiary/aromatic N) is 1. The van der Waals surface area contributed by atoms with Gasteiger partial charge in [0.1, 0.15) is 5.54 Å². The molecular weight excluding hydrogens is 216 g/mol. The molecule has 0 aromatic carbocycles. The lowest BCUT2D eigenvalue weighted by molar-refractivity contribution is -0.148. The summed E-state index contributed by atoms with van der Waals surface area (Å²) in [5, 5.41) is 3.43. The van der Waals surface area contributed by atoms with Gasteiger partial charge >= 0.3 is 5.97 Å². The van der Waals surface area contributed by atoms with Gasteiger partial charge in [0.2, 0.25) is 0 Å². The summed E-state index contributed by atoms with van der Waals surface area (Å²) in [5.41, 5.74) is -0.515. The van der Waals surface area contributed by atoms with Gasteiger partial charge in [-0.1, -0.05) is 0 Å². The molecule has 0 spiro atoms. The van der Waals surface area contributed by atoms with Gasteiger partial charge in [0.25, 0.3) is 0 Å². The smallest absolute Gasteiger partial charge is 0.325 e. The molecule has 4 nitrogen and oxygen atoms in total. The zero-order valence-electron chi connectivity index (χ0n) is 11.2. The summed E-state index contributed by atoms with van der Waals surface area (Å²) in [5.74, 6) is -0.131. The molecule has 98 valence electrons. The molecule has 0 saturated heterocycles. The van der Waals surface area contributed by atoms with E-state index < -0.39 is 5.54 Å². The molecule has 2 fully saturated rings. The van der Waals surface area contributed by atoms with Crippen LogP contribution < -0.4 is 5.32 Å². The maximum Gasteiger partial charge on any atom is 0.325 e. The summed E-state index contributed by atoms with van der Waals surface area (Å²) in [4.78, 5) is 14.2. The number of ether oxygens (including phenoxy) is 1. The van der Waals surface area contributed by atoms with Crippen LogP contribution in [0.25, 0.3) is 0 Å². The Labute approximate surface area is 104 Å². The first kappa shape index (κ1) is 12.8. The zero-order chi connectivity index (χ0) is 12.5. The van der Waals surface area contributed by atoms with Gasteiger partial charge < -0.3 is 9.64 Å². The van der Waals surface area contributed by atoms with Crippen molar-refractivity contribution in [2.75, 3.05) is 20.7 Å². The molecule has 0 heterocycles. The molecule has 2 aliphatic rings. The predicted molar refractivity (Wildman–Crippen MR) is 66.8 cm³/mol. The molecule has 0 aromatic heterocycles. The molecule has 2 rings (SSSR count). The minimum atomic E-state index is -0.515. The van der Waals surface area contributed by atoms with Gasteiger partial charge in [-0.3, -0.25) is 10.1 Å². The maximum atomic E-state index is 11.9. The predicted octanol–water partition coefficient (Wildman–Crippen LogP) is 1.15. The van der Waals surface area contributed by atoms with E-state index >= 15 is 0 Å². The highest BCUT2D eigenvalue weighted by atomic mass is 16.5. The Morgan fingerprint density at radius 3 is 2.53 bits per heavy atom. The lowest BCUT2D eigenvalue weighted by atomic mass is 9.97. The summed E-state index contributed by atoms with van der Waals surface area (Å²) in [6, 6.07) is 1.27. The van der Waals surface area contributed by atoms with Gasteiger partial charge in [-0.15, -0.1) is 0 Å². The van der Waals surface area contributed by atoms with E-state index in [1.165, 1.54) is 32.8 Å². The third-order valence-corrected chi connectivity index (χ3v) is 3.87. The summed E-state index contributed by atoms with van der Waals surface area (Å²) in [6.07, 6.45) is 5.81. The minimum absolute atomic E-state index is 0.131. The quantitative estimate of drug-likeness (QED) is 0.678. The second kappa shape index (κ2) is 4.94. The molecule has 0 aliphatic heterocycles. The van der Waals surface area contributed by atoms with Gasteiger partial charge in [0.05, 0.1) is 7.11 Å². The number of esters is 1. The van der Waals surface area contributed by atoms with E-state index in [0.29, 0.717) is 6.04 Å². The summed E-state index contributed by atoms with van der Waals surface area (Å²) >= 11 is 0. The van der Waals surface area contributed by atoms with Crippen LogP contribution >= 0.6 is 0 Å². The average molecular weight is 240 g/mol. The van der Waals surface area contributed by atoms with Gasteiger partial charge in [-0.25, -0.2) is 0 Å². The molecule has 2 saturated carbocycles. The van der Waals surface area contributed by atoms with Crippen LogP contribution in [-0.2, 0) is 9.53 Å². The van der Waals surface area contributed by atoms with Crippen LogP contribution in [0, 0.1) is 0 Å². The topological polar surface area (TPSA) is 41.6 Å². The van der Waals surface area contributed by atoms with E-state index in [9.17, 15) is 4.79 Å². The fraction of sp³-hybridized carbons (Fsp3) is 0.923. The highest BCUT2D eigenvalue weighted by Gasteiger charge is 2.40. The Balaban J connectivity index is 1.86. The van der Waals surface area contributed by atoms with E-state index in [0.717, 1.165) is 19.0 Å². The number of carbonyl (C=O) groups excluding carboxylic acids is 1. The fourth-order valence-corrected chi connectivity index (χ4v) is 2.23. The largest absolute Gasteiger partial charge is 0.468 e. The second-order valence-corrected chi connectivity index (χ2v) is 5.70. The van der Waals surface area contributed by atoms with Crippen molar-refractivity contribution in [3.63, 3.8) is 0 Å². The number of hydrogen-bond acceptors (Lipinski definition) is 4. The van der Waals surface area contributed by atoms with Crippen molar-refractivity contribution < 1.29 is 9.53 Å². The number of carbonyl (C=O) groups is 1. The fourth-order valence-electron chi connectivity index (χ4n) is 2.23. The Hall–Kier alpha value is -0.610. The summed E-state index contributed by atoms with van der Waals surface area (Å²) in [6.45, 7) is 2.92. The number of rotatable bonds is 7. The maximum absolute atomic E-state index is 11.9. The van der Waals surface area contributed by atoms with Gasteiger partial charge in [0, 0.05) is 18.6 Å². The average Bonchev–Trinajstić information content (AvgIpc) is 3.15. The van der Waals surface area contributed by atoms with Crippen LogP contribution in [0.5, 0.6) is 0 Å². The normalized spacial score (nSPS) is 23.5. The highest BCUT2D eigenvalue weighted by molar-refractivity contribution is 5.80. The summed E-state index contributed by atoms with van der Waals surface area (Å²) < 4.78 is 4.93. The molecule has 17 heavy (non-hydrogen) atoms. The van der Waals surface area contributed by atoms with Crippen molar-refractivity contribution >= 4 is 5.97 Å². The first-order valence-corrected chi connectivity index (χ1v) is 6.61. The molecule has 0 aromatic rings. The van der Waals surface area contributed by atoms with Crippen LogP contribution in [0.2, 0.25) is 0 Å². The van der Waals surface area contributed by atoms with E-state index in [-0.39, 0.29) is 5.97 Å². The van der Waals surface area contributed by atoms with Crippen molar-refractivity contribution in [1.29, 1.82) is 0 Å². The molecule has 0 amide bonds. The molecule has 1 unspecified atom stereocenters. The van der Waals surface area contributed by atoms with Crippen molar-refractivity contribution in [3.05, 3.63) is 0 Å². The van der Waals surface area contributed by atoms with Crippen LogP contribution in [0.1, 0.15) is 39.0 Å². The SMILES string of the molecule is COC(=O)C(C)(CCN(C)C1CC1)NC1CC1. The zero-order valence-corrected chi connectivity index (χ0v) is 11.2. The standard InChI is InChI=1S/C13H24N2O2/c1-13(12(16)17-3,14-10-4-5-10)8-9-15(2)11-6-7-11/h10-11,14H,4-9H2,1-3H3. The van der Waals surface area contributed by atoms with Crippen molar-refractivity contribution in [1.82, 2.24) is 10.2 Å². The van der Waals surface area contributed by atoms with Crippen molar-refractivity contribution in [2.45, 2.75) is 56.7 Å². The van der Waals surface area contributed by atoms with E-state index in [1.807, 2.05) is 6.92 Å². The van der Waals surface area contributed by atoms with Crippen molar-refractivity contribution in [2.24, 2.45) is 0 Å². The lowest BCUT2D eigenvalue weighted by Gasteiger charge is -2.30. The monoisotopic (exact) mass is 240 g/mol. The third-order valence-electron chi connectivity index (χ3n) is 3.87. The highest BCUT2D eigenvalue weighted by Crippen LogP contribution is 2.28. The van der Waals surface area contributed by atoms with E-state index in [1.54, 1.807) is 0 Å². The van der Waals surface area contributed by atoms with Gasteiger partial charge in [-0.05, 0) is 46.1 Å². The Kier molecular flexibility index (Phi) is 3.73. The van der Waals surface area contributed by atoms with Crippen molar-refractivity contribution in [3.8, 4) is 0 Å². The molecule has 0 radical (unpaired) electrons. The molecular formula is C13H24N2O2. The Morgan fingerprint density at radius 2 is 2.06 bits per heavy atom. The number of hydrogen-bond donors (Lipinski definition) is 1. The molecule has 2 aliphatic carbocycles. The van der Waals surface area contributed by atoms with Crippen LogP contribution in [0.3, 0.4) is 0 Å². The molecule has 1 atom stereocenters. The van der Waals surface area contributed by atoms with E-state index in [4.69, 9.17) is 4.74 Å². The molecule has 0 bridgehead atoms. The lowest BCUT2D eigenvalue weighted by Crippen LogP contribution is -2.52. The molecule has 1 N–H and O–H groups in total. The Morgan fingerprint density at radius 1 is 1.41 bits per heavy atom. The van der Waals surface area contributed by atoms with Gasteiger partial charge in [0.15, 0.2) is 0 Å².